The second-order valence-electron chi connectivity index (χ2n) is 5.59. The number of nitrogens with zero attached hydrogens (tertiary/aromatic N) is 3. The van der Waals surface area contributed by atoms with Crippen LogP contribution in [-0.4, -0.2) is 33.7 Å². The van der Waals surface area contributed by atoms with Crippen LogP contribution in [-0.2, 0) is 0 Å². The van der Waals surface area contributed by atoms with Crippen molar-refractivity contribution in [3.05, 3.63) is 42.2 Å². The summed E-state index contributed by atoms with van der Waals surface area (Å²) in [6.07, 6.45) is 6.40. The van der Waals surface area contributed by atoms with Crippen LogP contribution >= 0.6 is 0 Å². The van der Waals surface area contributed by atoms with E-state index in [1.54, 1.807) is 16.9 Å². The van der Waals surface area contributed by atoms with E-state index in [1.807, 2.05) is 36.2 Å². The van der Waals surface area contributed by atoms with Crippen LogP contribution in [0.2, 0.25) is 0 Å². The molecule has 0 bridgehead atoms. The third-order valence-electron chi connectivity index (χ3n) is 4.14. The third kappa shape index (κ3) is 2.77. The molecule has 2 aromatic rings. The van der Waals surface area contributed by atoms with Gasteiger partial charge in [-0.3, -0.25) is 4.79 Å². The Morgan fingerprint density at radius 3 is 2.81 bits per heavy atom. The van der Waals surface area contributed by atoms with Gasteiger partial charge in [0.25, 0.3) is 5.91 Å². The molecule has 1 heterocycles. The minimum Gasteiger partial charge on any atom is -0.399 e. The number of amides is 1. The number of anilines is 1. The highest BCUT2D eigenvalue weighted by Crippen LogP contribution is 2.23. The second kappa shape index (κ2) is 5.60. The molecule has 3 rings (SSSR count). The van der Waals surface area contributed by atoms with Gasteiger partial charge in [-0.25, -0.2) is 4.68 Å². The number of hydrogen-bond donors (Lipinski definition) is 1. The highest BCUT2D eigenvalue weighted by atomic mass is 16.2. The standard InChI is InChI=1S/C16H20N4O/c1-19(13-6-2-3-7-13)16(21)15-9-10-20(18-15)14-8-4-5-12(17)11-14/h4-5,8-11,13H,2-3,6-7,17H2,1H3. The fourth-order valence-corrected chi connectivity index (χ4v) is 2.89. The first-order chi connectivity index (χ1) is 10.1. The maximum Gasteiger partial charge on any atom is 0.274 e. The van der Waals surface area contributed by atoms with Crippen molar-refractivity contribution in [1.82, 2.24) is 14.7 Å². The van der Waals surface area contributed by atoms with Crippen LogP contribution in [0.5, 0.6) is 0 Å². The van der Waals surface area contributed by atoms with Crippen molar-refractivity contribution in [1.29, 1.82) is 0 Å². The average Bonchev–Trinajstić information content (AvgIpc) is 3.17. The van der Waals surface area contributed by atoms with Gasteiger partial charge in [-0.15, -0.1) is 0 Å². The first-order valence-electron chi connectivity index (χ1n) is 7.34. The molecule has 21 heavy (non-hydrogen) atoms. The molecule has 1 aliphatic rings. The fraction of sp³-hybridized carbons (Fsp3) is 0.375. The summed E-state index contributed by atoms with van der Waals surface area (Å²) in [6, 6.07) is 9.57. The molecule has 0 radical (unpaired) electrons. The molecular formula is C16H20N4O. The molecule has 1 fully saturated rings. The summed E-state index contributed by atoms with van der Waals surface area (Å²) >= 11 is 0. The Balaban J connectivity index is 1.79. The lowest BCUT2D eigenvalue weighted by Crippen LogP contribution is -2.35. The van der Waals surface area contributed by atoms with E-state index >= 15 is 0 Å². The summed E-state index contributed by atoms with van der Waals surface area (Å²) in [5, 5.41) is 4.38. The molecule has 1 aliphatic carbocycles. The summed E-state index contributed by atoms with van der Waals surface area (Å²) in [6.45, 7) is 0. The van der Waals surface area contributed by atoms with Crippen molar-refractivity contribution in [3.8, 4) is 5.69 Å². The zero-order valence-electron chi connectivity index (χ0n) is 12.2. The van der Waals surface area contributed by atoms with Gasteiger partial charge >= 0.3 is 0 Å². The number of carbonyl (C=O) groups is 1. The molecule has 0 unspecified atom stereocenters. The summed E-state index contributed by atoms with van der Waals surface area (Å²) in [5.74, 6) is -0.00967. The average molecular weight is 284 g/mol. The number of benzene rings is 1. The van der Waals surface area contributed by atoms with Crippen molar-refractivity contribution in [2.24, 2.45) is 0 Å². The first-order valence-corrected chi connectivity index (χ1v) is 7.34. The van der Waals surface area contributed by atoms with E-state index in [-0.39, 0.29) is 5.91 Å². The number of rotatable bonds is 3. The van der Waals surface area contributed by atoms with Gasteiger partial charge in [-0.2, -0.15) is 5.10 Å². The van der Waals surface area contributed by atoms with Gasteiger partial charge in [0.2, 0.25) is 0 Å². The van der Waals surface area contributed by atoms with Crippen LogP contribution in [0.15, 0.2) is 36.5 Å². The first kappa shape index (κ1) is 13.7. The van der Waals surface area contributed by atoms with Crippen LogP contribution in [0.25, 0.3) is 5.69 Å². The van der Waals surface area contributed by atoms with E-state index in [4.69, 9.17) is 5.73 Å². The van der Waals surface area contributed by atoms with Gasteiger partial charge in [-0.1, -0.05) is 18.9 Å². The van der Waals surface area contributed by atoms with E-state index in [0.717, 1.165) is 18.5 Å². The molecule has 0 saturated heterocycles. The number of hydrogen-bond acceptors (Lipinski definition) is 3. The van der Waals surface area contributed by atoms with Gasteiger partial charge in [0.15, 0.2) is 5.69 Å². The van der Waals surface area contributed by atoms with Gasteiger partial charge < -0.3 is 10.6 Å². The zero-order chi connectivity index (χ0) is 14.8. The van der Waals surface area contributed by atoms with Crippen LogP contribution in [0.4, 0.5) is 5.69 Å². The monoisotopic (exact) mass is 284 g/mol. The largest absolute Gasteiger partial charge is 0.399 e. The molecule has 1 amide bonds. The Morgan fingerprint density at radius 1 is 1.33 bits per heavy atom. The van der Waals surface area contributed by atoms with Crippen LogP contribution in [0.3, 0.4) is 0 Å². The Morgan fingerprint density at radius 2 is 2.10 bits per heavy atom. The summed E-state index contributed by atoms with van der Waals surface area (Å²) in [4.78, 5) is 14.3. The highest BCUT2D eigenvalue weighted by Gasteiger charge is 2.25. The van der Waals surface area contributed by atoms with E-state index in [9.17, 15) is 4.79 Å². The Labute approximate surface area is 124 Å². The molecule has 110 valence electrons. The zero-order valence-corrected chi connectivity index (χ0v) is 12.2. The maximum atomic E-state index is 12.5. The van der Waals surface area contributed by atoms with Gasteiger partial charge in [0.05, 0.1) is 5.69 Å². The molecule has 0 atom stereocenters. The number of aromatic nitrogens is 2. The predicted molar refractivity (Wildman–Crippen MR) is 82.3 cm³/mol. The van der Waals surface area contributed by atoms with Crippen LogP contribution in [0.1, 0.15) is 36.2 Å². The van der Waals surface area contributed by atoms with Crippen molar-refractivity contribution in [3.63, 3.8) is 0 Å². The molecule has 5 heteroatoms. The van der Waals surface area contributed by atoms with Crippen molar-refractivity contribution in [2.75, 3.05) is 12.8 Å². The summed E-state index contributed by atoms with van der Waals surface area (Å²) in [5.41, 5.74) is 7.79. The van der Waals surface area contributed by atoms with Crippen LogP contribution < -0.4 is 5.73 Å². The van der Waals surface area contributed by atoms with Crippen molar-refractivity contribution in [2.45, 2.75) is 31.7 Å². The lowest BCUT2D eigenvalue weighted by Gasteiger charge is -2.23. The molecule has 5 nitrogen and oxygen atoms in total. The SMILES string of the molecule is CN(C(=O)c1ccn(-c2cccc(N)c2)n1)C1CCCC1. The Kier molecular flexibility index (Phi) is 3.64. The van der Waals surface area contributed by atoms with E-state index < -0.39 is 0 Å². The van der Waals surface area contributed by atoms with Crippen molar-refractivity contribution < 1.29 is 4.79 Å². The lowest BCUT2D eigenvalue weighted by atomic mass is 10.2. The van der Waals surface area contributed by atoms with Crippen LogP contribution in [0, 0.1) is 0 Å². The molecule has 1 saturated carbocycles. The van der Waals surface area contributed by atoms with E-state index in [0.29, 0.717) is 17.4 Å². The molecular weight excluding hydrogens is 264 g/mol. The highest BCUT2D eigenvalue weighted by molar-refractivity contribution is 5.92. The van der Waals surface area contributed by atoms with E-state index in [2.05, 4.69) is 5.10 Å². The van der Waals surface area contributed by atoms with Gasteiger partial charge in [-0.05, 0) is 37.1 Å². The van der Waals surface area contributed by atoms with Gasteiger partial charge in [0, 0.05) is 25.0 Å². The smallest absolute Gasteiger partial charge is 0.274 e. The Bertz CT molecular complexity index is 643. The summed E-state index contributed by atoms with van der Waals surface area (Å²) < 4.78 is 1.69. The minimum atomic E-state index is -0.00967. The normalized spacial score (nSPS) is 15.3. The molecule has 2 N–H and O–H groups in total. The maximum absolute atomic E-state index is 12.5. The number of nitrogens with two attached hydrogens (primary N) is 1. The number of carbonyl (C=O) groups excluding carboxylic acids is 1. The predicted octanol–water partition coefficient (Wildman–Crippen LogP) is 2.47. The molecule has 0 spiro atoms. The van der Waals surface area contributed by atoms with Crippen molar-refractivity contribution >= 4 is 11.6 Å². The lowest BCUT2D eigenvalue weighted by molar-refractivity contribution is 0.0728. The quantitative estimate of drug-likeness (QED) is 0.881. The Hall–Kier alpha value is -2.30. The topological polar surface area (TPSA) is 64.2 Å². The van der Waals surface area contributed by atoms with Gasteiger partial charge in [0.1, 0.15) is 0 Å². The van der Waals surface area contributed by atoms with E-state index in [1.165, 1.54) is 12.8 Å². The number of nitrogen functional groups attached to an aromatic ring is 1. The molecule has 0 aliphatic heterocycles. The minimum absolute atomic E-state index is 0.00967. The summed E-state index contributed by atoms with van der Waals surface area (Å²) in [7, 11) is 1.87. The third-order valence-corrected chi connectivity index (χ3v) is 4.14. The second-order valence-corrected chi connectivity index (χ2v) is 5.59. The molecule has 1 aromatic heterocycles. The molecule has 1 aromatic carbocycles. The fourth-order valence-electron chi connectivity index (χ4n) is 2.89.